The molecule has 3 aromatic rings. The first kappa shape index (κ1) is 29.3. The Balaban J connectivity index is 1.04. The molecule has 2 amide bonds. The van der Waals surface area contributed by atoms with Gasteiger partial charge in [0.1, 0.15) is 6.61 Å². The normalized spacial score (nSPS) is 16.6. The highest BCUT2D eigenvalue weighted by Crippen LogP contribution is 2.44. The van der Waals surface area contributed by atoms with Crippen LogP contribution in [0.3, 0.4) is 0 Å². The van der Waals surface area contributed by atoms with Crippen LogP contribution in [0.2, 0.25) is 0 Å². The van der Waals surface area contributed by atoms with E-state index in [4.69, 9.17) is 9.47 Å². The Kier molecular flexibility index (Phi) is 9.51. The minimum absolute atomic E-state index is 0.00425. The number of alkyl carbamates (subject to hydrolysis) is 1. The zero-order chi connectivity index (χ0) is 29.5. The third-order valence-electron chi connectivity index (χ3n) is 8.03. The summed E-state index contributed by atoms with van der Waals surface area (Å²) in [7, 11) is 0. The number of carbonyl (C=O) groups excluding carboxylic acids is 2. The van der Waals surface area contributed by atoms with E-state index in [2.05, 4.69) is 34.9 Å². The Hall–Kier alpha value is -4.21. The standard InChI is InChI=1S/C33H37N3O6/c1-22(41-20-23-9-3-2-4-10-23)31(32(38)39)35-30(37)19-36-17-15-24(16-18-36)34-33(40)42-21-29-27-13-7-5-11-25(27)26-12-6-8-14-28(26)29/h2-14,22,24,29,31H,15-21H2,1H3,(H,34,40)(H,35,37)(H,38,39). The largest absolute Gasteiger partial charge is 0.480 e. The number of carboxylic acid groups (broad SMARTS) is 1. The molecule has 9 heteroatoms. The summed E-state index contributed by atoms with van der Waals surface area (Å²) in [6, 6.07) is 24.7. The second kappa shape index (κ2) is 13.6. The molecule has 1 fully saturated rings. The van der Waals surface area contributed by atoms with Gasteiger partial charge in [-0.2, -0.15) is 0 Å². The van der Waals surface area contributed by atoms with Crippen LogP contribution in [-0.2, 0) is 25.7 Å². The molecule has 1 aliphatic heterocycles. The fourth-order valence-corrected chi connectivity index (χ4v) is 5.74. The van der Waals surface area contributed by atoms with Gasteiger partial charge < -0.3 is 25.2 Å². The first-order chi connectivity index (χ1) is 20.4. The molecule has 0 saturated carbocycles. The van der Waals surface area contributed by atoms with Crippen molar-refractivity contribution < 1.29 is 29.0 Å². The summed E-state index contributed by atoms with van der Waals surface area (Å²) in [4.78, 5) is 39.1. The minimum Gasteiger partial charge on any atom is -0.480 e. The second-order valence-electron chi connectivity index (χ2n) is 10.9. The fourth-order valence-electron chi connectivity index (χ4n) is 5.74. The van der Waals surface area contributed by atoms with Crippen LogP contribution in [0.4, 0.5) is 4.79 Å². The van der Waals surface area contributed by atoms with Crippen LogP contribution in [0.5, 0.6) is 0 Å². The molecule has 2 unspecified atom stereocenters. The molecule has 2 atom stereocenters. The lowest BCUT2D eigenvalue weighted by molar-refractivity contribution is -0.146. The number of likely N-dealkylation sites (tertiary alicyclic amines) is 1. The molecule has 3 aromatic carbocycles. The first-order valence-corrected chi connectivity index (χ1v) is 14.4. The molecular formula is C33H37N3O6. The van der Waals surface area contributed by atoms with Gasteiger partial charge >= 0.3 is 12.1 Å². The molecule has 0 bridgehead atoms. The Morgan fingerprint density at radius 1 is 0.905 bits per heavy atom. The van der Waals surface area contributed by atoms with Gasteiger partial charge in [0.2, 0.25) is 5.91 Å². The molecular weight excluding hydrogens is 534 g/mol. The predicted octanol–water partition coefficient (Wildman–Crippen LogP) is 4.16. The number of nitrogens with zero attached hydrogens (tertiary/aromatic N) is 1. The van der Waals surface area contributed by atoms with Crippen LogP contribution in [0, 0.1) is 0 Å². The molecule has 0 spiro atoms. The third kappa shape index (κ3) is 7.16. The molecule has 0 aromatic heterocycles. The fraction of sp³-hybridized carbons (Fsp3) is 0.364. The number of fused-ring (bicyclic) bond motifs is 3. The van der Waals surface area contributed by atoms with Gasteiger partial charge in [-0.15, -0.1) is 0 Å². The SMILES string of the molecule is CC(OCc1ccccc1)C(NC(=O)CN1CCC(NC(=O)OCC2c3ccccc3-c3ccccc32)CC1)C(=O)O. The summed E-state index contributed by atoms with van der Waals surface area (Å²) in [5.41, 5.74) is 5.62. The molecule has 1 heterocycles. The predicted molar refractivity (Wildman–Crippen MR) is 158 cm³/mol. The van der Waals surface area contributed by atoms with Crippen molar-refractivity contribution in [1.82, 2.24) is 15.5 Å². The van der Waals surface area contributed by atoms with Crippen molar-refractivity contribution in [3.05, 3.63) is 95.6 Å². The summed E-state index contributed by atoms with van der Waals surface area (Å²) >= 11 is 0. The molecule has 5 rings (SSSR count). The van der Waals surface area contributed by atoms with Gasteiger partial charge in [0.25, 0.3) is 0 Å². The lowest BCUT2D eigenvalue weighted by Gasteiger charge is -2.32. The van der Waals surface area contributed by atoms with E-state index in [1.807, 2.05) is 59.5 Å². The first-order valence-electron chi connectivity index (χ1n) is 14.4. The Labute approximate surface area is 245 Å². The zero-order valence-electron chi connectivity index (χ0n) is 23.7. The molecule has 2 aliphatic rings. The van der Waals surface area contributed by atoms with Crippen LogP contribution in [0.1, 0.15) is 42.4 Å². The van der Waals surface area contributed by atoms with Gasteiger partial charge in [-0.1, -0.05) is 78.9 Å². The topological polar surface area (TPSA) is 117 Å². The highest BCUT2D eigenvalue weighted by molar-refractivity contribution is 5.85. The van der Waals surface area contributed by atoms with E-state index in [-0.39, 0.29) is 37.6 Å². The summed E-state index contributed by atoms with van der Waals surface area (Å²) in [5, 5.41) is 15.2. The zero-order valence-corrected chi connectivity index (χ0v) is 23.7. The van der Waals surface area contributed by atoms with Crippen LogP contribution in [-0.4, -0.2) is 72.4 Å². The average molecular weight is 572 g/mol. The summed E-state index contributed by atoms with van der Waals surface area (Å²) in [6.07, 6.45) is 0.174. The summed E-state index contributed by atoms with van der Waals surface area (Å²) < 4.78 is 11.4. The smallest absolute Gasteiger partial charge is 0.407 e. The number of nitrogens with one attached hydrogen (secondary N) is 2. The van der Waals surface area contributed by atoms with Gasteiger partial charge in [-0.05, 0) is 47.6 Å². The van der Waals surface area contributed by atoms with E-state index in [1.165, 1.54) is 22.3 Å². The number of carbonyl (C=O) groups is 3. The van der Waals surface area contributed by atoms with Crippen molar-refractivity contribution in [3.63, 3.8) is 0 Å². The quantitative estimate of drug-likeness (QED) is 0.316. The average Bonchev–Trinajstić information content (AvgIpc) is 3.32. The number of hydrogen-bond acceptors (Lipinski definition) is 6. The van der Waals surface area contributed by atoms with Crippen molar-refractivity contribution in [2.24, 2.45) is 0 Å². The number of aliphatic carboxylic acids is 1. The molecule has 0 radical (unpaired) electrons. The van der Waals surface area contributed by atoms with Crippen LogP contribution in [0.15, 0.2) is 78.9 Å². The maximum atomic E-state index is 12.7. The highest BCUT2D eigenvalue weighted by atomic mass is 16.5. The molecule has 1 saturated heterocycles. The Morgan fingerprint density at radius 3 is 2.12 bits per heavy atom. The van der Waals surface area contributed by atoms with E-state index >= 15 is 0 Å². The van der Waals surface area contributed by atoms with Crippen LogP contribution in [0.25, 0.3) is 11.1 Å². The van der Waals surface area contributed by atoms with Gasteiger partial charge in [0.05, 0.1) is 19.3 Å². The van der Waals surface area contributed by atoms with E-state index in [1.54, 1.807) is 6.92 Å². The number of benzene rings is 3. The second-order valence-corrected chi connectivity index (χ2v) is 10.9. The Bertz CT molecular complexity index is 1340. The lowest BCUT2D eigenvalue weighted by atomic mass is 9.98. The van der Waals surface area contributed by atoms with E-state index in [0.717, 1.165) is 5.56 Å². The molecule has 42 heavy (non-hydrogen) atoms. The van der Waals surface area contributed by atoms with Crippen molar-refractivity contribution in [3.8, 4) is 11.1 Å². The maximum Gasteiger partial charge on any atom is 0.407 e. The third-order valence-corrected chi connectivity index (χ3v) is 8.03. The van der Waals surface area contributed by atoms with Crippen molar-refractivity contribution >= 4 is 18.0 Å². The van der Waals surface area contributed by atoms with E-state index in [0.29, 0.717) is 25.9 Å². The molecule has 1 aliphatic carbocycles. The summed E-state index contributed by atoms with van der Waals surface area (Å²) in [6.45, 7) is 3.43. The van der Waals surface area contributed by atoms with Gasteiger partial charge in [-0.25, -0.2) is 9.59 Å². The molecule has 9 nitrogen and oxygen atoms in total. The van der Waals surface area contributed by atoms with E-state index in [9.17, 15) is 19.5 Å². The number of piperidine rings is 1. The number of carboxylic acids is 1. The molecule has 3 N–H and O–H groups in total. The lowest BCUT2D eigenvalue weighted by Crippen LogP contribution is -2.52. The number of hydrogen-bond donors (Lipinski definition) is 3. The molecule has 220 valence electrons. The number of ether oxygens (including phenoxy) is 2. The van der Waals surface area contributed by atoms with Crippen LogP contribution >= 0.6 is 0 Å². The van der Waals surface area contributed by atoms with E-state index < -0.39 is 24.2 Å². The number of rotatable bonds is 11. The Morgan fingerprint density at radius 2 is 1.50 bits per heavy atom. The van der Waals surface area contributed by atoms with Crippen LogP contribution < -0.4 is 10.6 Å². The monoisotopic (exact) mass is 571 g/mol. The van der Waals surface area contributed by atoms with Crippen molar-refractivity contribution in [1.29, 1.82) is 0 Å². The van der Waals surface area contributed by atoms with Gasteiger partial charge in [0.15, 0.2) is 6.04 Å². The van der Waals surface area contributed by atoms with Crippen molar-refractivity contribution in [2.75, 3.05) is 26.2 Å². The van der Waals surface area contributed by atoms with Crippen molar-refractivity contribution in [2.45, 2.75) is 50.5 Å². The summed E-state index contributed by atoms with van der Waals surface area (Å²) in [5.74, 6) is -1.51. The van der Waals surface area contributed by atoms with Gasteiger partial charge in [-0.3, -0.25) is 9.69 Å². The van der Waals surface area contributed by atoms with Gasteiger partial charge in [0, 0.05) is 25.0 Å². The highest BCUT2D eigenvalue weighted by Gasteiger charge is 2.31. The minimum atomic E-state index is -1.16. The number of amides is 2. The maximum absolute atomic E-state index is 12.7.